The van der Waals surface area contributed by atoms with Crippen LogP contribution in [0.5, 0.6) is 11.8 Å². The molecule has 0 saturated carbocycles. The van der Waals surface area contributed by atoms with Crippen molar-refractivity contribution < 1.29 is 4.74 Å². The molecular formula is C15H18BrN3O. The van der Waals surface area contributed by atoms with E-state index in [1.165, 1.54) is 0 Å². The van der Waals surface area contributed by atoms with Gasteiger partial charge in [-0.25, -0.2) is 9.97 Å². The Morgan fingerprint density at radius 3 is 2.50 bits per heavy atom. The molecule has 0 unspecified atom stereocenters. The number of hydrogen-bond acceptors (Lipinski definition) is 4. The molecule has 0 spiro atoms. The van der Waals surface area contributed by atoms with Crippen LogP contribution in [-0.4, -0.2) is 15.5 Å². The molecule has 4 nitrogen and oxygen atoms in total. The highest BCUT2D eigenvalue weighted by Crippen LogP contribution is 2.21. The molecule has 0 atom stereocenters. The molecule has 1 aromatic carbocycles. The van der Waals surface area contributed by atoms with Crippen molar-refractivity contribution in [3.05, 3.63) is 46.7 Å². The Labute approximate surface area is 127 Å². The average Bonchev–Trinajstić information content (AvgIpc) is 2.37. The Kier molecular flexibility index (Phi) is 4.73. The lowest BCUT2D eigenvalue weighted by molar-refractivity contribution is 0.420. The van der Waals surface area contributed by atoms with E-state index in [9.17, 15) is 0 Å². The fourth-order valence-corrected chi connectivity index (χ4v) is 1.87. The third-order valence-corrected chi connectivity index (χ3v) is 3.00. The Balaban J connectivity index is 1.98. The fourth-order valence-electron chi connectivity index (χ4n) is 1.49. The molecule has 0 aliphatic heterocycles. The first kappa shape index (κ1) is 14.9. The average molecular weight is 336 g/mol. The van der Waals surface area contributed by atoms with Crippen LogP contribution in [0.25, 0.3) is 0 Å². The van der Waals surface area contributed by atoms with Gasteiger partial charge in [-0.2, -0.15) is 0 Å². The van der Waals surface area contributed by atoms with Crippen LogP contribution < -0.4 is 10.1 Å². The lowest BCUT2D eigenvalue weighted by Gasteiger charge is -2.20. The summed E-state index contributed by atoms with van der Waals surface area (Å²) in [5.74, 6) is 0.708. The van der Waals surface area contributed by atoms with Crippen molar-refractivity contribution in [2.45, 2.75) is 32.9 Å². The summed E-state index contributed by atoms with van der Waals surface area (Å²) in [7, 11) is 0. The van der Waals surface area contributed by atoms with Gasteiger partial charge in [0, 0.05) is 34.5 Å². The molecule has 0 amide bonds. The maximum absolute atomic E-state index is 5.59. The number of aromatic nitrogens is 2. The molecule has 106 valence electrons. The van der Waals surface area contributed by atoms with Crippen molar-refractivity contribution in [3.8, 4) is 11.8 Å². The normalized spacial score (nSPS) is 11.4. The summed E-state index contributed by atoms with van der Waals surface area (Å²) in [5, 5.41) is 3.39. The summed E-state index contributed by atoms with van der Waals surface area (Å²) < 4.78 is 6.55. The lowest BCUT2D eigenvalue weighted by Crippen LogP contribution is -2.35. The summed E-state index contributed by atoms with van der Waals surface area (Å²) in [6.07, 6.45) is 3.55. The van der Waals surface area contributed by atoms with Gasteiger partial charge in [0.2, 0.25) is 0 Å². The van der Waals surface area contributed by atoms with Crippen LogP contribution >= 0.6 is 15.9 Å². The number of halogens is 1. The van der Waals surface area contributed by atoms with E-state index < -0.39 is 0 Å². The molecule has 2 aromatic rings. The van der Waals surface area contributed by atoms with Crippen LogP contribution in [0.2, 0.25) is 0 Å². The SMILES string of the molecule is CC(C)(C)NCc1cnc(Oc2cccc(Br)c2)nc1. The van der Waals surface area contributed by atoms with E-state index in [2.05, 4.69) is 52.0 Å². The quantitative estimate of drug-likeness (QED) is 0.919. The van der Waals surface area contributed by atoms with Gasteiger partial charge in [0.05, 0.1) is 0 Å². The lowest BCUT2D eigenvalue weighted by atomic mass is 10.1. The highest BCUT2D eigenvalue weighted by Gasteiger charge is 2.09. The number of benzene rings is 1. The fraction of sp³-hybridized carbons (Fsp3) is 0.333. The minimum Gasteiger partial charge on any atom is -0.424 e. The molecule has 0 saturated heterocycles. The van der Waals surface area contributed by atoms with Gasteiger partial charge in [-0.1, -0.05) is 22.0 Å². The number of hydrogen-bond donors (Lipinski definition) is 1. The number of rotatable bonds is 4. The smallest absolute Gasteiger partial charge is 0.321 e. The third kappa shape index (κ3) is 4.90. The molecule has 1 N–H and O–H groups in total. The van der Waals surface area contributed by atoms with Crippen molar-refractivity contribution in [2.24, 2.45) is 0 Å². The van der Waals surface area contributed by atoms with Gasteiger partial charge in [-0.3, -0.25) is 0 Å². The molecular weight excluding hydrogens is 318 g/mol. The summed E-state index contributed by atoms with van der Waals surface area (Å²) in [6, 6.07) is 7.93. The van der Waals surface area contributed by atoms with Crippen LogP contribution in [0.15, 0.2) is 41.1 Å². The van der Waals surface area contributed by atoms with Crippen LogP contribution in [0.3, 0.4) is 0 Å². The molecule has 0 aliphatic carbocycles. The summed E-state index contributed by atoms with van der Waals surface area (Å²) in [5.41, 5.74) is 1.10. The van der Waals surface area contributed by atoms with Crippen LogP contribution in [-0.2, 0) is 6.54 Å². The highest BCUT2D eigenvalue weighted by atomic mass is 79.9. The summed E-state index contributed by atoms with van der Waals surface area (Å²) in [6.45, 7) is 7.11. The number of nitrogens with zero attached hydrogens (tertiary/aromatic N) is 2. The maximum atomic E-state index is 5.59. The first-order valence-electron chi connectivity index (χ1n) is 6.42. The number of nitrogens with one attached hydrogen (secondary N) is 1. The van der Waals surface area contributed by atoms with E-state index in [4.69, 9.17) is 4.74 Å². The molecule has 0 fully saturated rings. The predicted octanol–water partition coefficient (Wildman–Crippen LogP) is 3.92. The van der Waals surface area contributed by atoms with Crippen LogP contribution in [0, 0.1) is 0 Å². The molecule has 1 aromatic heterocycles. The summed E-state index contributed by atoms with van der Waals surface area (Å²) >= 11 is 3.40. The van der Waals surface area contributed by atoms with Gasteiger partial charge >= 0.3 is 6.01 Å². The molecule has 2 rings (SSSR count). The Bertz CT molecular complexity index is 564. The van der Waals surface area contributed by atoms with Crippen LogP contribution in [0.1, 0.15) is 26.3 Å². The first-order valence-corrected chi connectivity index (χ1v) is 7.21. The van der Waals surface area contributed by atoms with E-state index in [0.717, 1.165) is 16.6 Å². The van der Waals surface area contributed by atoms with Crippen molar-refractivity contribution in [1.82, 2.24) is 15.3 Å². The zero-order valence-corrected chi connectivity index (χ0v) is 13.4. The monoisotopic (exact) mass is 335 g/mol. The van der Waals surface area contributed by atoms with Crippen molar-refractivity contribution in [1.29, 1.82) is 0 Å². The molecule has 0 radical (unpaired) electrons. The van der Waals surface area contributed by atoms with E-state index in [-0.39, 0.29) is 5.54 Å². The molecule has 0 aliphatic rings. The minimum absolute atomic E-state index is 0.0749. The van der Waals surface area contributed by atoms with Gasteiger partial charge in [-0.05, 0) is 39.0 Å². The van der Waals surface area contributed by atoms with Crippen molar-refractivity contribution in [3.63, 3.8) is 0 Å². The largest absolute Gasteiger partial charge is 0.424 e. The molecule has 1 heterocycles. The van der Waals surface area contributed by atoms with Gasteiger partial charge < -0.3 is 10.1 Å². The Hall–Kier alpha value is -1.46. The standard InChI is InChI=1S/C15H18BrN3O/c1-15(2,3)19-10-11-8-17-14(18-9-11)20-13-6-4-5-12(16)7-13/h4-9,19H,10H2,1-3H3. The number of ether oxygens (including phenoxy) is 1. The van der Waals surface area contributed by atoms with Crippen LogP contribution in [0.4, 0.5) is 0 Å². The van der Waals surface area contributed by atoms with E-state index >= 15 is 0 Å². The second kappa shape index (κ2) is 6.33. The first-order chi connectivity index (χ1) is 9.42. The van der Waals surface area contributed by atoms with E-state index in [1.54, 1.807) is 12.4 Å². The summed E-state index contributed by atoms with van der Waals surface area (Å²) in [4.78, 5) is 8.43. The second-order valence-corrected chi connectivity index (χ2v) is 6.45. The molecule has 5 heteroatoms. The maximum Gasteiger partial charge on any atom is 0.321 e. The highest BCUT2D eigenvalue weighted by molar-refractivity contribution is 9.10. The third-order valence-electron chi connectivity index (χ3n) is 2.51. The van der Waals surface area contributed by atoms with Gasteiger partial charge in [-0.15, -0.1) is 0 Å². The zero-order chi connectivity index (χ0) is 14.6. The van der Waals surface area contributed by atoms with Crippen molar-refractivity contribution >= 4 is 15.9 Å². The molecule has 20 heavy (non-hydrogen) atoms. The van der Waals surface area contributed by atoms with E-state index in [0.29, 0.717) is 11.8 Å². The van der Waals surface area contributed by atoms with Gasteiger partial charge in [0.15, 0.2) is 0 Å². The van der Waals surface area contributed by atoms with Crippen molar-refractivity contribution in [2.75, 3.05) is 0 Å². The molecule has 0 bridgehead atoms. The topological polar surface area (TPSA) is 47.0 Å². The van der Waals surface area contributed by atoms with Gasteiger partial charge in [0.25, 0.3) is 0 Å². The Morgan fingerprint density at radius 2 is 1.90 bits per heavy atom. The predicted molar refractivity (Wildman–Crippen MR) is 82.8 cm³/mol. The minimum atomic E-state index is 0.0749. The second-order valence-electron chi connectivity index (χ2n) is 5.54. The zero-order valence-electron chi connectivity index (χ0n) is 11.9. The van der Waals surface area contributed by atoms with Gasteiger partial charge in [0.1, 0.15) is 5.75 Å². The Morgan fingerprint density at radius 1 is 1.20 bits per heavy atom. The van der Waals surface area contributed by atoms with E-state index in [1.807, 2.05) is 24.3 Å².